The Morgan fingerprint density at radius 1 is 1.19 bits per heavy atom. The fourth-order valence-corrected chi connectivity index (χ4v) is 7.76. The number of carbonyl (C=O) groups is 2. The van der Waals surface area contributed by atoms with Crippen LogP contribution < -0.4 is 0 Å². The fraction of sp³-hybridized carbons (Fsp3) is 0.905. The number of hydrogen-bond acceptors (Lipinski definition) is 5. The zero-order chi connectivity index (χ0) is 18.9. The van der Waals surface area contributed by atoms with Gasteiger partial charge < -0.3 is 15.3 Å². The summed E-state index contributed by atoms with van der Waals surface area (Å²) in [6.45, 7) is 3.55. The molecule has 0 unspecified atom stereocenters. The summed E-state index contributed by atoms with van der Waals surface area (Å²) in [5.74, 6) is 0.800. The molecule has 0 aromatic rings. The predicted molar refractivity (Wildman–Crippen MR) is 95.2 cm³/mol. The van der Waals surface area contributed by atoms with Gasteiger partial charge in [-0.2, -0.15) is 0 Å². The van der Waals surface area contributed by atoms with Crippen molar-refractivity contribution in [3.05, 3.63) is 0 Å². The second-order valence-corrected chi connectivity index (χ2v) is 9.99. The van der Waals surface area contributed by atoms with Gasteiger partial charge in [-0.05, 0) is 67.6 Å². The largest absolute Gasteiger partial charge is 0.393 e. The van der Waals surface area contributed by atoms with E-state index in [0.717, 1.165) is 25.7 Å². The Kier molecular flexibility index (Phi) is 4.18. The van der Waals surface area contributed by atoms with Crippen molar-refractivity contribution in [1.82, 2.24) is 0 Å². The van der Waals surface area contributed by atoms with E-state index in [1.807, 2.05) is 6.92 Å². The molecule has 146 valence electrons. The van der Waals surface area contributed by atoms with E-state index in [-0.39, 0.29) is 23.2 Å². The summed E-state index contributed by atoms with van der Waals surface area (Å²) >= 11 is 0. The maximum Gasteiger partial charge on any atom is 0.190 e. The van der Waals surface area contributed by atoms with Crippen LogP contribution in [-0.2, 0) is 9.59 Å². The lowest BCUT2D eigenvalue weighted by molar-refractivity contribution is -0.198. The number of carbonyl (C=O) groups excluding carboxylic acids is 2. The smallest absolute Gasteiger partial charge is 0.190 e. The quantitative estimate of drug-likeness (QED) is 0.695. The van der Waals surface area contributed by atoms with Crippen LogP contribution in [0.1, 0.15) is 65.2 Å². The van der Waals surface area contributed by atoms with Crippen molar-refractivity contribution in [2.24, 2.45) is 34.5 Å². The highest BCUT2D eigenvalue weighted by atomic mass is 16.3. The third-order valence-electron chi connectivity index (χ3n) is 9.17. The number of rotatable bonds is 2. The number of aliphatic hydroxyl groups is 3. The second kappa shape index (κ2) is 5.86. The SMILES string of the molecule is C[C@]12CCC(=O)C[C@@H]1CC[C@@H]1[C@@H]2[C@H](O)C[C@]2(C)[C@@H]1CC[C@]2(O)C(=O)CO. The van der Waals surface area contributed by atoms with Gasteiger partial charge in [0.15, 0.2) is 5.78 Å². The van der Waals surface area contributed by atoms with Gasteiger partial charge in [-0.3, -0.25) is 9.59 Å². The molecule has 26 heavy (non-hydrogen) atoms. The van der Waals surface area contributed by atoms with Gasteiger partial charge >= 0.3 is 0 Å². The van der Waals surface area contributed by atoms with Gasteiger partial charge in [0.05, 0.1) is 6.10 Å². The molecular weight excluding hydrogens is 332 g/mol. The molecule has 5 heteroatoms. The van der Waals surface area contributed by atoms with Crippen LogP contribution in [0.3, 0.4) is 0 Å². The Balaban J connectivity index is 1.70. The highest BCUT2D eigenvalue weighted by Gasteiger charge is 2.68. The molecule has 0 spiro atoms. The van der Waals surface area contributed by atoms with Crippen LogP contribution in [0.2, 0.25) is 0 Å². The standard InChI is InChI=1S/C21H32O5/c1-19-7-5-13(23)9-12(19)3-4-14-15-6-8-21(26,17(25)11-22)20(15,2)10-16(24)18(14)19/h12,14-16,18,22,24,26H,3-11H2,1-2H3/t12-,14-,15+,16+,18+,19-,20+,21-/m0/s1. The van der Waals surface area contributed by atoms with Crippen LogP contribution in [0.5, 0.6) is 0 Å². The van der Waals surface area contributed by atoms with E-state index in [2.05, 4.69) is 6.92 Å². The first-order valence-electron chi connectivity index (χ1n) is 10.2. The maximum absolute atomic E-state index is 12.4. The molecule has 0 aliphatic heterocycles. The van der Waals surface area contributed by atoms with E-state index >= 15 is 0 Å². The van der Waals surface area contributed by atoms with Crippen molar-refractivity contribution >= 4 is 11.6 Å². The molecule has 4 saturated carbocycles. The molecule has 0 aromatic carbocycles. The molecule has 4 rings (SSSR count). The third kappa shape index (κ3) is 2.20. The summed E-state index contributed by atoms with van der Waals surface area (Å²) in [7, 11) is 0. The lowest BCUT2D eigenvalue weighted by Gasteiger charge is -2.62. The molecule has 8 atom stereocenters. The van der Waals surface area contributed by atoms with Crippen LogP contribution in [0.15, 0.2) is 0 Å². The van der Waals surface area contributed by atoms with E-state index in [0.29, 0.717) is 37.4 Å². The summed E-state index contributed by atoms with van der Waals surface area (Å²) in [5, 5.41) is 31.8. The van der Waals surface area contributed by atoms with Gasteiger partial charge in [0.1, 0.15) is 18.0 Å². The predicted octanol–water partition coefficient (Wildman–Crippen LogP) is 1.86. The molecule has 3 N–H and O–H groups in total. The minimum absolute atomic E-state index is 0.0285. The van der Waals surface area contributed by atoms with Gasteiger partial charge in [-0.25, -0.2) is 0 Å². The highest BCUT2D eigenvalue weighted by Crippen LogP contribution is 2.68. The first-order valence-corrected chi connectivity index (χ1v) is 10.2. The van der Waals surface area contributed by atoms with Crippen molar-refractivity contribution in [2.45, 2.75) is 76.9 Å². The number of fused-ring (bicyclic) bond motifs is 5. The van der Waals surface area contributed by atoms with Crippen LogP contribution in [0, 0.1) is 34.5 Å². The van der Waals surface area contributed by atoms with Gasteiger partial charge in [0.2, 0.25) is 0 Å². The average Bonchev–Trinajstić information content (AvgIpc) is 2.86. The van der Waals surface area contributed by atoms with Crippen molar-refractivity contribution < 1.29 is 24.9 Å². The van der Waals surface area contributed by atoms with Crippen molar-refractivity contribution in [2.75, 3.05) is 6.61 Å². The van der Waals surface area contributed by atoms with Crippen LogP contribution in [0.4, 0.5) is 0 Å². The minimum Gasteiger partial charge on any atom is -0.393 e. The molecule has 0 saturated heterocycles. The molecule has 5 nitrogen and oxygen atoms in total. The van der Waals surface area contributed by atoms with Gasteiger partial charge in [0.25, 0.3) is 0 Å². The van der Waals surface area contributed by atoms with Crippen molar-refractivity contribution in [3.8, 4) is 0 Å². The normalized spacial score (nSPS) is 53.6. The van der Waals surface area contributed by atoms with Crippen molar-refractivity contribution in [1.29, 1.82) is 0 Å². The molecule has 4 fully saturated rings. The Hall–Kier alpha value is -0.780. The van der Waals surface area contributed by atoms with Gasteiger partial charge in [-0.1, -0.05) is 13.8 Å². The average molecular weight is 364 g/mol. The molecule has 4 aliphatic rings. The summed E-state index contributed by atoms with van der Waals surface area (Å²) < 4.78 is 0. The Morgan fingerprint density at radius 2 is 1.92 bits per heavy atom. The number of Topliss-reactive ketones (excluding diaryl/α,β-unsaturated/α-hetero) is 2. The Labute approximate surface area is 155 Å². The van der Waals surface area contributed by atoms with Crippen molar-refractivity contribution in [3.63, 3.8) is 0 Å². The zero-order valence-corrected chi connectivity index (χ0v) is 15.9. The van der Waals surface area contributed by atoms with E-state index in [4.69, 9.17) is 0 Å². The number of aliphatic hydroxyl groups excluding tert-OH is 2. The molecule has 0 heterocycles. The summed E-state index contributed by atoms with van der Waals surface area (Å²) in [5.41, 5.74) is -2.24. The topological polar surface area (TPSA) is 94.8 Å². The Morgan fingerprint density at radius 3 is 2.62 bits per heavy atom. The Bertz CT molecular complexity index is 632. The second-order valence-electron chi connectivity index (χ2n) is 9.99. The number of ketones is 2. The maximum atomic E-state index is 12.4. The summed E-state index contributed by atoms with van der Waals surface area (Å²) in [4.78, 5) is 24.3. The molecule has 0 bridgehead atoms. The van der Waals surface area contributed by atoms with Gasteiger partial charge in [-0.15, -0.1) is 0 Å². The van der Waals surface area contributed by atoms with Crippen LogP contribution in [0.25, 0.3) is 0 Å². The van der Waals surface area contributed by atoms with Crippen LogP contribution in [-0.4, -0.2) is 45.2 Å². The molecule has 0 radical (unpaired) electrons. The van der Waals surface area contributed by atoms with Crippen LogP contribution >= 0.6 is 0 Å². The minimum atomic E-state index is -1.53. The van der Waals surface area contributed by atoms with E-state index < -0.39 is 29.5 Å². The summed E-state index contributed by atoms with van der Waals surface area (Å²) in [6, 6.07) is 0. The lowest BCUT2D eigenvalue weighted by Crippen LogP contribution is -2.63. The highest BCUT2D eigenvalue weighted by molar-refractivity contribution is 5.89. The van der Waals surface area contributed by atoms with E-state index in [1.165, 1.54) is 0 Å². The van der Waals surface area contributed by atoms with E-state index in [1.54, 1.807) is 0 Å². The molecule has 0 amide bonds. The van der Waals surface area contributed by atoms with Gasteiger partial charge in [0, 0.05) is 18.3 Å². The first kappa shape index (κ1) is 18.6. The number of hydrogen-bond donors (Lipinski definition) is 3. The monoisotopic (exact) mass is 364 g/mol. The fourth-order valence-electron chi connectivity index (χ4n) is 7.76. The lowest BCUT2D eigenvalue weighted by atomic mass is 9.43. The molecular formula is C21H32O5. The molecule has 4 aliphatic carbocycles. The first-order chi connectivity index (χ1) is 12.2. The zero-order valence-electron chi connectivity index (χ0n) is 15.9. The summed E-state index contributed by atoms with van der Waals surface area (Å²) in [6.07, 6.45) is 5.02. The van der Waals surface area contributed by atoms with E-state index in [9.17, 15) is 24.9 Å². The third-order valence-corrected chi connectivity index (χ3v) is 9.17. The molecule has 0 aromatic heterocycles.